The van der Waals surface area contributed by atoms with Crippen molar-refractivity contribution in [2.75, 3.05) is 18.8 Å². The lowest BCUT2D eigenvalue weighted by atomic mass is 9.88. The number of hydrogen-bond donors (Lipinski definition) is 4. The predicted octanol–water partition coefficient (Wildman–Crippen LogP) is 3.24. The Morgan fingerprint density at radius 1 is 1.20 bits per heavy atom. The molecule has 1 unspecified atom stereocenters. The van der Waals surface area contributed by atoms with Crippen molar-refractivity contribution in [3.8, 4) is 11.5 Å². The van der Waals surface area contributed by atoms with Crippen LogP contribution in [0.5, 0.6) is 11.5 Å². The molecule has 2 aromatic rings. The molecule has 136 valence electrons. The second-order valence-corrected chi connectivity index (χ2v) is 7.96. The number of aromatic hydroxyl groups is 2. The van der Waals surface area contributed by atoms with Gasteiger partial charge in [-0.1, -0.05) is 6.07 Å². The van der Waals surface area contributed by atoms with Crippen LogP contribution in [0.3, 0.4) is 0 Å². The molecular weight excluding hydrogens is 334 g/mol. The van der Waals surface area contributed by atoms with Gasteiger partial charge in [-0.2, -0.15) is 0 Å². The molecule has 5 N–H and O–H groups in total. The van der Waals surface area contributed by atoms with Gasteiger partial charge in [0.15, 0.2) is 16.6 Å². The first kappa shape index (κ1) is 18.0. The molecule has 1 heterocycles. The summed E-state index contributed by atoms with van der Waals surface area (Å²) < 4.78 is 0. The number of rotatable bonds is 8. The lowest BCUT2D eigenvalue weighted by Crippen LogP contribution is -2.19. The van der Waals surface area contributed by atoms with Gasteiger partial charge in [-0.05, 0) is 81.6 Å². The number of aryl methyl sites for hydroxylation is 2. The molecule has 25 heavy (non-hydrogen) atoms. The molecule has 1 aliphatic rings. The van der Waals surface area contributed by atoms with Crippen LogP contribution in [0, 0.1) is 5.92 Å². The van der Waals surface area contributed by atoms with Gasteiger partial charge >= 0.3 is 0 Å². The van der Waals surface area contributed by atoms with Crippen LogP contribution in [0.25, 0.3) is 0 Å². The highest BCUT2D eigenvalue weighted by atomic mass is 32.1. The van der Waals surface area contributed by atoms with Crippen LogP contribution in [0.1, 0.15) is 41.8 Å². The minimum Gasteiger partial charge on any atom is -0.504 e. The van der Waals surface area contributed by atoms with Crippen molar-refractivity contribution in [2.24, 2.45) is 5.92 Å². The van der Waals surface area contributed by atoms with Gasteiger partial charge in [-0.15, -0.1) is 11.3 Å². The van der Waals surface area contributed by atoms with Crippen molar-refractivity contribution in [1.29, 1.82) is 0 Å². The van der Waals surface area contributed by atoms with Crippen LogP contribution in [-0.4, -0.2) is 28.3 Å². The van der Waals surface area contributed by atoms with Gasteiger partial charge in [0.25, 0.3) is 0 Å². The number of nitrogens with two attached hydrogens (primary N) is 1. The van der Waals surface area contributed by atoms with Crippen molar-refractivity contribution in [1.82, 2.24) is 10.3 Å². The number of nitrogens with one attached hydrogen (secondary N) is 1. The number of nitrogen functional groups attached to an aromatic ring is 1. The van der Waals surface area contributed by atoms with Crippen LogP contribution >= 0.6 is 11.3 Å². The van der Waals surface area contributed by atoms with Gasteiger partial charge in [0, 0.05) is 4.88 Å². The summed E-state index contributed by atoms with van der Waals surface area (Å²) in [5.74, 6) is 0.677. The average molecular weight is 362 g/mol. The summed E-state index contributed by atoms with van der Waals surface area (Å²) in [5.41, 5.74) is 8.09. The molecule has 1 atom stereocenters. The Balaban J connectivity index is 1.26. The van der Waals surface area contributed by atoms with Crippen molar-refractivity contribution < 1.29 is 10.2 Å². The molecular formula is C19H27N3O2S. The number of phenols is 2. The maximum atomic E-state index is 9.48. The van der Waals surface area contributed by atoms with E-state index in [4.69, 9.17) is 5.73 Å². The SMILES string of the molecule is Nc1nc2c(s1)CC(CCCNCCCc1ccc(O)c(O)c1)CC2. The van der Waals surface area contributed by atoms with Crippen molar-refractivity contribution in [3.05, 3.63) is 34.3 Å². The van der Waals surface area contributed by atoms with E-state index in [0.717, 1.165) is 50.3 Å². The lowest BCUT2D eigenvalue weighted by Gasteiger charge is -2.20. The zero-order valence-electron chi connectivity index (χ0n) is 14.5. The van der Waals surface area contributed by atoms with Gasteiger partial charge in [0.1, 0.15) is 0 Å². The fraction of sp³-hybridized carbons (Fsp3) is 0.526. The minimum absolute atomic E-state index is 0.0382. The van der Waals surface area contributed by atoms with Gasteiger partial charge in [-0.25, -0.2) is 4.98 Å². The van der Waals surface area contributed by atoms with E-state index in [2.05, 4.69) is 10.3 Å². The summed E-state index contributed by atoms with van der Waals surface area (Å²) in [6.07, 6.45) is 7.86. The average Bonchev–Trinajstić information content (AvgIpc) is 2.96. The summed E-state index contributed by atoms with van der Waals surface area (Å²) in [5, 5.41) is 23.0. The van der Waals surface area contributed by atoms with Crippen LogP contribution in [0.15, 0.2) is 18.2 Å². The highest BCUT2D eigenvalue weighted by Crippen LogP contribution is 2.32. The molecule has 0 saturated heterocycles. The Kier molecular flexibility index (Phi) is 6.15. The normalized spacial score (nSPS) is 16.7. The quantitative estimate of drug-likeness (QED) is 0.428. The van der Waals surface area contributed by atoms with E-state index in [0.29, 0.717) is 5.13 Å². The molecule has 6 heteroatoms. The monoisotopic (exact) mass is 361 g/mol. The molecule has 0 bridgehead atoms. The molecule has 0 saturated carbocycles. The molecule has 0 spiro atoms. The first-order valence-corrected chi connectivity index (χ1v) is 9.89. The van der Waals surface area contributed by atoms with E-state index in [-0.39, 0.29) is 11.5 Å². The Bertz CT molecular complexity index is 702. The van der Waals surface area contributed by atoms with Crippen LogP contribution in [0.4, 0.5) is 5.13 Å². The Morgan fingerprint density at radius 3 is 2.88 bits per heavy atom. The van der Waals surface area contributed by atoms with Crippen molar-refractivity contribution in [2.45, 2.75) is 44.9 Å². The summed E-state index contributed by atoms with van der Waals surface area (Å²) in [4.78, 5) is 5.81. The molecule has 3 rings (SSSR count). The Hall–Kier alpha value is -1.79. The van der Waals surface area contributed by atoms with Crippen molar-refractivity contribution in [3.63, 3.8) is 0 Å². The zero-order chi connectivity index (χ0) is 17.6. The third kappa shape index (κ3) is 5.09. The molecule has 5 nitrogen and oxygen atoms in total. The maximum absolute atomic E-state index is 9.48. The molecule has 0 fully saturated rings. The fourth-order valence-corrected chi connectivity index (χ4v) is 4.49. The van der Waals surface area contributed by atoms with Gasteiger partial charge in [0.05, 0.1) is 5.69 Å². The highest BCUT2D eigenvalue weighted by molar-refractivity contribution is 7.15. The largest absolute Gasteiger partial charge is 0.504 e. The third-order valence-corrected chi connectivity index (χ3v) is 5.83. The summed E-state index contributed by atoms with van der Waals surface area (Å²) >= 11 is 1.66. The number of fused-ring (bicyclic) bond motifs is 1. The standard InChI is InChI=1S/C19H27N3O2S/c20-19-22-15-7-5-14(12-18(15)25-19)4-2-10-21-9-1-3-13-6-8-16(23)17(24)11-13/h6,8,11,14,21,23-24H,1-5,7,9-10,12H2,(H2,20,22). The molecule has 1 aromatic carbocycles. The zero-order valence-corrected chi connectivity index (χ0v) is 15.3. The number of aromatic nitrogens is 1. The predicted molar refractivity (Wildman–Crippen MR) is 102 cm³/mol. The molecule has 0 amide bonds. The first-order chi connectivity index (χ1) is 12.1. The van der Waals surface area contributed by atoms with Crippen LogP contribution in [0.2, 0.25) is 0 Å². The number of nitrogens with zero attached hydrogens (tertiary/aromatic N) is 1. The Morgan fingerprint density at radius 2 is 2.04 bits per heavy atom. The summed E-state index contributed by atoms with van der Waals surface area (Å²) in [7, 11) is 0. The second kappa shape index (κ2) is 8.54. The maximum Gasteiger partial charge on any atom is 0.180 e. The Labute approximate surface area is 152 Å². The third-order valence-electron chi connectivity index (χ3n) is 4.88. The minimum atomic E-state index is -0.0577. The molecule has 0 aliphatic heterocycles. The van der Waals surface area contributed by atoms with Crippen LogP contribution < -0.4 is 11.1 Å². The van der Waals surface area contributed by atoms with Gasteiger partial charge in [0.2, 0.25) is 0 Å². The number of benzene rings is 1. The molecule has 1 aromatic heterocycles. The van der Waals surface area contributed by atoms with E-state index in [9.17, 15) is 10.2 Å². The van der Waals surface area contributed by atoms with E-state index in [1.165, 1.54) is 29.8 Å². The van der Waals surface area contributed by atoms with E-state index in [1.807, 2.05) is 6.07 Å². The number of hydrogen-bond acceptors (Lipinski definition) is 6. The lowest BCUT2D eigenvalue weighted by molar-refractivity contribution is 0.403. The van der Waals surface area contributed by atoms with Gasteiger partial charge in [-0.3, -0.25) is 0 Å². The van der Waals surface area contributed by atoms with E-state index < -0.39 is 0 Å². The second-order valence-electron chi connectivity index (χ2n) is 6.85. The number of thiazole rings is 1. The molecule has 1 aliphatic carbocycles. The van der Waals surface area contributed by atoms with Gasteiger partial charge < -0.3 is 21.3 Å². The first-order valence-electron chi connectivity index (χ1n) is 9.07. The topological polar surface area (TPSA) is 91.4 Å². The van der Waals surface area contributed by atoms with E-state index >= 15 is 0 Å². The molecule has 0 radical (unpaired) electrons. The highest BCUT2D eigenvalue weighted by Gasteiger charge is 2.21. The summed E-state index contributed by atoms with van der Waals surface area (Å²) in [6, 6.07) is 5.04. The smallest absolute Gasteiger partial charge is 0.180 e. The van der Waals surface area contributed by atoms with Crippen LogP contribution in [-0.2, 0) is 19.3 Å². The van der Waals surface area contributed by atoms with E-state index in [1.54, 1.807) is 23.5 Å². The number of phenolic OH excluding ortho intramolecular Hbond substituents is 2. The van der Waals surface area contributed by atoms with Crippen molar-refractivity contribution >= 4 is 16.5 Å². The fourth-order valence-electron chi connectivity index (χ4n) is 3.49. The summed E-state index contributed by atoms with van der Waals surface area (Å²) in [6.45, 7) is 2.02. The number of anilines is 1.